The van der Waals surface area contributed by atoms with Gasteiger partial charge in [0.15, 0.2) is 0 Å². The van der Waals surface area contributed by atoms with Crippen molar-refractivity contribution in [1.82, 2.24) is 5.32 Å². The summed E-state index contributed by atoms with van der Waals surface area (Å²) in [6.07, 6.45) is 0. The Labute approximate surface area is 83.4 Å². The van der Waals surface area contributed by atoms with Crippen molar-refractivity contribution < 1.29 is 14.6 Å². The fraction of sp³-hybridized carbons (Fsp3) is 0.625. The number of carbonyl (C=O) groups is 1. The standard InChI is InChI=1S/C8H15NO3S/c1-3-12-8(11)7(13)6(2)9-4-5-10/h9-10,13H,3-5H2,1-2H3/b7-6-. The topological polar surface area (TPSA) is 58.6 Å². The van der Waals surface area contributed by atoms with Gasteiger partial charge in [0.2, 0.25) is 0 Å². The van der Waals surface area contributed by atoms with E-state index in [1.807, 2.05) is 0 Å². The highest BCUT2D eigenvalue weighted by Crippen LogP contribution is 2.07. The third-order valence-electron chi connectivity index (χ3n) is 1.33. The van der Waals surface area contributed by atoms with Crippen molar-refractivity contribution in [3.8, 4) is 0 Å². The van der Waals surface area contributed by atoms with Gasteiger partial charge in [0, 0.05) is 12.2 Å². The van der Waals surface area contributed by atoms with Crippen LogP contribution >= 0.6 is 12.6 Å². The number of ether oxygens (including phenoxy) is 1. The normalized spacial score (nSPS) is 12.0. The Morgan fingerprint density at radius 2 is 2.23 bits per heavy atom. The van der Waals surface area contributed by atoms with Crippen molar-refractivity contribution in [3.63, 3.8) is 0 Å². The average molecular weight is 205 g/mol. The molecule has 0 amide bonds. The minimum absolute atomic E-state index is 0.0151. The van der Waals surface area contributed by atoms with Gasteiger partial charge in [-0.05, 0) is 13.8 Å². The van der Waals surface area contributed by atoms with Gasteiger partial charge in [-0.2, -0.15) is 0 Å². The number of carbonyl (C=O) groups excluding carboxylic acids is 1. The number of esters is 1. The zero-order valence-corrected chi connectivity index (χ0v) is 8.73. The molecular weight excluding hydrogens is 190 g/mol. The van der Waals surface area contributed by atoms with Crippen molar-refractivity contribution in [3.05, 3.63) is 10.6 Å². The average Bonchev–Trinajstić information content (AvgIpc) is 2.13. The number of allylic oxidation sites excluding steroid dienone is 1. The molecule has 0 fully saturated rings. The van der Waals surface area contributed by atoms with Crippen LogP contribution in [-0.4, -0.2) is 30.8 Å². The molecule has 0 atom stereocenters. The van der Waals surface area contributed by atoms with E-state index in [4.69, 9.17) is 9.84 Å². The van der Waals surface area contributed by atoms with Crippen molar-refractivity contribution in [2.75, 3.05) is 19.8 Å². The molecule has 0 aromatic rings. The first-order valence-corrected chi connectivity index (χ1v) is 4.49. The molecule has 5 heteroatoms. The fourth-order valence-corrected chi connectivity index (χ4v) is 0.823. The Kier molecular flexibility index (Phi) is 6.44. The van der Waals surface area contributed by atoms with Crippen molar-refractivity contribution in [2.24, 2.45) is 0 Å². The van der Waals surface area contributed by atoms with E-state index >= 15 is 0 Å². The van der Waals surface area contributed by atoms with Gasteiger partial charge in [-0.3, -0.25) is 0 Å². The van der Waals surface area contributed by atoms with Crippen LogP contribution in [0, 0.1) is 0 Å². The predicted octanol–water partition coefficient (Wildman–Crippen LogP) is 0.293. The largest absolute Gasteiger partial charge is 0.462 e. The molecule has 0 saturated carbocycles. The van der Waals surface area contributed by atoms with Crippen LogP contribution in [0.3, 0.4) is 0 Å². The molecule has 0 unspecified atom stereocenters. The number of thiol groups is 1. The summed E-state index contributed by atoms with van der Waals surface area (Å²) < 4.78 is 4.73. The lowest BCUT2D eigenvalue weighted by Gasteiger charge is -2.07. The van der Waals surface area contributed by atoms with Crippen LogP contribution in [0.1, 0.15) is 13.8 Å². The highest BCUT2D eigenvalue weighted by Gasteiger charge is 2.08. The van der Waals surface area contributed by atoms with Crippen LogP contribution in [0.15, 0.2) is 10.6 Å². The molecule has 0 aromatic carbocycles. The van der Waals surface area contributed by atoms with Crippen molar-refractivity contribution >= 4 is 18.6 Å². The summed E-state index contributed by atoms with van der Waals surface area (Å²) >= 11 is 3.99. The summed E-state index contributed by atoms with van der Waals surface area (Å²) in [4.78, 5) is 11.3. The Hall–Kier alpha value is -0.680. The molecule has 2 N–H and O–H groups in total. The molecule has 0 spiro atoms. The second-order valence-electron chi connectivity index (χ2n) is 2.34. The molecule has 0 aromatic heterocycles. The zero-order valence-electron chi connectivity index (χ0n) is 7.83. The second kappa shape index (κ2) is 6.80. The molecule has 0 radical (unpaired) electrons. The van der Waals surface area contributed by atoms with E-state index in [-0.39, 0.29) is 11.5 Å². The first-order valence-electron chi connectivity index (χ1n) is 4.05. The monoisotopic (exact) mass is 205 g/mol. The Morgan fingerprint density at radius 1 is 1.62 bits per heavy atom. The van der Waals surface area contributed by atoms with E-state index in [9.17, 15) is 4.79 Å². The summed E-state index contributed by atoms with van der Waals surface area (Å²) in [7, 11) is 0. The van der Waals surface area contributed by atoms with E-state index in [0.717, 1.165) is 0 Å². The molecule has 0 aliphatic rings. The van der Waals surface area contributed by atoms with Crippen LogP contribution in [0.25, 0.3) is 0 Å². The van der Waals surface area contributed by atoms with Gasteiger partial charge in [0.05, 0.1) is 13.2 Å². The summed E-state index contributed by atoms with van der Waals surface area (Å²) in [6, 6.07) is 0. The van der Waals surface area contributed by atoms with Crippen LogP contribution in [0.2, 0.25) is 0 Å². The Bertz CT molecular complexity index is 204. The maximum atomic E-state index is 11.1. The second-order valence-corrected chi connectivity index (χ2v) is 2.79. The SMILES string of the molecule is CCOC(=O)/C(S)=C(\C)NCCO. The number of aliphatic hydroxyl groups excluding tert-OH is 1. The molecule has 0 bridgehead atoms. The first kappa shape index (κ1) is 12.3. The Morgan fingerprint density at radius 3 is 2.69 bits per heavy atom. The smallest absolute Gasteiger partial charge is 0.346 e. The van der Waals surface area contributed by atoms with E-state index in [2.05, 4.69) is 17.9 Å². The van der Waals surface area contributed by atoms with E-state index in [1.165, 1.54) is 0 Å². The van der Waals surface area contributed by atoms with Gasteiger partial charge in [0.1, 0.15) is 4.91 Å². The minimum Gasteiger partial charge on any atom is -0.462 e. The molecule has 0 aliphatic heterocycles. The van der Waals surface area contributed by atoms with Gasteiger partial charge in [0.25, 0.3) is 0 Å². The predicted molar refractivity (Wildman–Crippen MR) is 53.4 cm³/mol. The third-order valence-corrected chi connectivity index (χ3v) is 1.84. The number of rotatable bonds is 5. The lowest BCUT2D eigenvalue weighted by Crippen LogP contribution is -2.19. The van der Waals surface area contributed by atoms with Crippen molar-refractivity contribution in [1.29, 1.82) is 0 Å². The first-order chi connectivity index (χ1) is 6.13. The van der Waals surface area contributed by atoms with Crippen LogP contribution in [-0.2, 0) is 9.53 Å². The summed E-state index contributed by atoms with van der Waals surface area (Å²) in [5.41, 5.74) is 0.607. The maximum Gasteiger partial charge on any atom is 0.346 e. The lowest BCUT2D eigenvalue weighted by atomic mass is 10.4. The third kappa shape index (κ3) is 4.80. The maximum absolute atomic E-state index is 11.1. The fourth-order valence-electron chi connectivity index (χ4n) is 0.680. The molecule has 0 aliphatic carbocycles. The number of hydrogen-bond acceptors (Lipinski definition) is 5. The molecule has 76 valence electrons. The number of hydrogen-bond donors (Lipinski definition) is 3. The van der Waals surface area contributed by atoms with Gasteiger partial charge >= 0.3 is 5.97 Å². The molecular formula is C8H15NO3S. The van der Waals surface area contributed by atoms with Gasteiger partial charge in [-0.1, -0.05) is 0 Å². The lowest BCUT2D eigenvalue weighted by molar-refractivity contribution is -0.137. The molecule has 13 heavy (non-hydrogen) atoms. The summed E-state index contributed by atoms with van der Waals surface area (Å²) in [5.74, 6) is -0.450. The molecule has 0 rings (SSSR count). The number of aliphatic hydroxyl groups is 1. The highest BCUT2D eigenvalue weighted by molar-refractivity contribution is 7.85. The van der Waals surface area contributed by atoms with Gasteiger partial charge in [-0.15, -0.1) is 12.6 Å². The molecule has 0 saturated heterocycles. The van der Waals surface area contributed by atoms with E-state index in [1.54, 1.807) is 13.8 Å². The molecule has 4 nitrogen and oxygen atoms in total. The van der Waals surface area contributed by atoms with E-state index < -0.39 is 5.97 Å². The van der Waals surface area contributed by atoms with Crippen LogP contribution in [0.5, 0.6) is 0 Å². The Balaban J connectivity index is 4.15. The summed E-state index contributed by atoms with van der Waals surface area (Å²) in [5, 5.41) is 11.3. The van der Waals surface area contributed by atoms with E-state index in [0.29, 0.717) is 18.8 Å². The number of nitrogens with one attached hydrogen (secondary N) is 1. The minimum atomic E-state index is -0.450. The van der Waals surface area contributed by atoms with Crippen molar-refractivity contribution in [2.45, 2.75) is 13.8 Å². The van der Waals surface area contributed by atoms with Crippen LogP contribution < -0.4 is 5.32 Å². The zero-order chi connectivity index (χ0) is 10.3. The quantitative estimate of drug-likeness (QED) is 0.343. The van der Waals surface area contributed by atoms with Crippen LogP contribution in [0.4, 0.5) is 0 Å². The van der Waals surface area contributed by atoms with Gasteiger partial charge < -0.3 is 15.2 Å². The molecule has 0 heterocycles. The van der Waals surface area contributed by atoms with Gasteiger partial charge in [-0.25, -0.2) is 4.79 Å². The summed E-state index contributed by atoms with van der Waals surface area (Å²) in [6.45, 7) is 4.18. The highest BCUT2D eigenvalue weighted by atomic mass is 32.1.